The summed E-state index contributed by atoms with van der Waals surface area (Å²) in [4.78, 5) is 17.4. The maximum absolute atomic E-state index is 10.7. The highest BCUT2D eigenvalue weighted by atomic mass is 31.2. The summed E-state index contributed by atoms with van der Waals surface area (Å²) in [5.74, 6) is 1.69. The quantitative estimate of drug-likeness (QED) is 0.546. The van der Waals surface area contributed by atoms with E-state index in [9.17, 15) is 4.57 Å². The van der Waals surface area contributed by atoms with Gasteiger partial charge in [0.05, 0.1) is 0 Å². The van der Waals surface area contributed by atoms with Crippen molar-refractivity contribution >= 4 is 13.5 Å². The fourth-order valence-corrected chi connectivity index (χ4v) is 3.57. The van der Waals surface area contributed by atoms with Gasteiger partial charge in [-0.05, 0) is 37.5 Å². The molecule has 0 aromatic heterocycles. The van der Waals surface area contributed by atoms with Crippen LogP contribution in [-0.4, -0.2) is 15.5 Å². The third kappa shape index (κ3) is 4.38. The molecule has 0 aromatic rings. The molecule has 2 fully saturated rings. The molecule has 2 aliphatic rings. The van der Waals surface area contributed by atoms with Gasteiger partial charge in [-0.1, -0.05) is 32.1 Å². The zero-order valence-electron chi connectivity index (χ0n) is 10.7. The number of nitrogens with one attached hydrogen (secondary N) is 1. The van der Waals surface area contributed by atoms with Crippen molar-refractivity contribution in [2.24, 2.45) is 16.9 Å². The van der Waals surface area contributed by atoms with Crippen molar-refractivity contribution in [2.45, 2.75) is 57.8 Å². The topological polar surface area (TPSA) is 81.9 Å². The molecule has 0 aliphatic heterocycles. The Morgan fingerprint density at radius 2 is 1.56 bits per heavy atom. The number of hydrogen-bond donors (Lipinski definition) is 3. The Labute approximate surface area is 108 Å². The molecule has 18 heavy (non-hydrogen) atoms. The molecule has 0 amide bonds. The molecule has 2 rings (SSSR count). The van der Waals surface area contributed by atoms with Gasteiger partial charge in [-0.25, -0.2) is 9.76 Å². The molecule has 6 heteroatoms. The summed E-state index contributed by atoms with van der Waals surface area (Å²) >= 11 is 0. The lowest BCUT2D eigenvalue weighted by atomic mass is 9.73. The molecular weight excluding hydrogens is 251 g/mol. The average Bonchev–Trinajstić information content (AvgIpc) is 2.37. The largest absolute Gasteiger partial charge is 0.443 e. The van der Waals surface area contributed by atoms with Gasteiger partial charge in [0.15, 0.2) is 0 Å². The van der Waals surface area contributed by atoms with Crippen LogP contribution in [0.25, 0.3) is 0 Å². The molecule has 104 valence electrons. The van der Waals surface area contributed by atoms with Gasteiger partial charge in [0.2, 0.25) is 0 Å². The molecule has 0 radical (unpaired) electrons. The van der Waals surface area contributed by atoms with Crippen LogP contribution in [-0.2, 0) is 4.57 Å². The smallest absolute Gasteiger partial charge is 0.307 e. The average molecular weight is 274 g/mol. The predicted molar refractivity (Wildman–Crippen MR) is 71.1 cm³/mol. The predicted octanol–water partition coefficient (Wildman–Crippen LogP) is 2.80. The fourth-order valence-electron chi connectivity index (χ4n) is 3.30. The van der Waals surface area contributed by atoms with E-state index in [-0.39, 0.29) is 0 Å². The van der Waals surface area contributed by atoms with E-state index in [2.05, 4.69) is 5.10 Å². The number of hydrazone groups is 1. The van der Waals surface area contributed by atoms with Crippen LogP contribution in [0.3, 0.4) is 0 Å². The van der Waals surface area contributed by atoms with E-state index in [1.165, 1.54) is 32.1 Å². The summed E-state index contributed by atoms with van der Waals surface area (Å²) < 4.78 is 10.7. The van der Waals surface area contributed by atoms with Crippen LogP contribution < -0.4 is 5.20 Å². The molecule has 0 unspecified atom stereocenters. The third-order valence-electron chi connectivity index (χ3n) is 4.26. The van der Waals surface area contributed by atoms with Gasteiger partial charge in [-0.3, -0.25) is 0 Å². The van der Waals surface area contributed by atoms with Crippen molar-refractivity contribution in [3.63, 3.8) is 0 Å². The van der Waals surface area contributed by atoms with Crippen LogP contribution in [0.4, 0.5) is 0 Å². The van der Waals surface area contributed by atoms with Crippen molar-refractivity contribution in [1.29, 1.82) is 0 Å². The normalized spacial score (nSPS) is 27.0. The van der Waals surface area contributed by atoms with Gasteiger partial charge in [0, 0.05) is 5.71 Å². The van der Waals surface area contributed by atoms with Crippen molar-refractivity contribution in [1.82, 2.24) is 5.20 Å². The maximum Gasteiger partial charge on any atom is 0.443 e. The minimum Gasteiger partial charge on any atom is -0.307 e. The molecule has 0 heterocycles. The molecule has 0 bridgehead atoms. The summed E-state index contributed by atoms with van der Waals surface area (Å²) in [5.41, 5.74) is 0.908. The van der Waals surface area contributed by atoms with Crippen LogP contribution in [0.1, 0.15) is 57.8 Å². The maximum atomic E-state index is 10.7. The van der Waals surface area contributed by atoms with Gasteiger partial charge in [0.25, 0.3) is 0 Å². The first kappa shape index (κ1) is 14.0. The van der Waals surface area contributed by atoms with Gasteiger partial charge < -0.3 is 9.79 Å². The summed E-state index contributed by atoms with van der Waals surface area (Å²) in [7, 11) is -4.21. The number of rotatable bonds is 3. The molecule has 5 nitrogen and oxygen atoms in total. The van der Waals surface area contributed by atoms with E-state index in [0.717, 1.165) is 43.2 Å². The van der Waals surface area contributed by atoms with Crippen LogP contribution in [0.2, 0.25) is 0 Å². The highest BCUT2D eigenvalue weighted by Gasteiger charge is 2.27. The van der Waals surface area contributed by atoms with Crippen LogP contribution >= 0.6 is 7.75 Å². The summed E-state index contributed by atoms with van der Waals surface area (Å²) in [6.45, 7) is 0. The number of nitrogens with zero attached hydrogens (tertiary/aromatic N) is 1. The Morgan fingerprint density at radius 3 is 2.11 bits per heavy atom. The second-order valence-corrected chi connectivity index (χ2v) is 6.85. The lowest BCUT2D eigenvalue weighted by molar-refractivity contribution is 0.221. The van der Waals surface area contributed by atoms with Crippen molar-refractivity contribution in [2.75, 3.05) is 0 Å². The van der Waals surface area contributed by atoms with Crippen molar-refractivity contribution in [3.8, 4) is 0 Å². The Kier molecular flexibility index (Phi) is 4.82. The summed E-state index contributed by atoms with van der Waals surface area (Å²) in [6, 6.07) is 0. The third-order valence-corrected chi connectivity index (χ3v) is 4.62. The monoisotopic (exact) mass is 274 g/mol. The van der Waals surface area contributed by atoms with E-state index in [0.29, 0.717) is 0 Å². The van der Waals surface area contributed by atoms with E-state index in [1.54, 1.807) is 0 Å². The summed E-state index contributed by atoms with van der Waals surface area (Å²) in [5, 5.41) is 5.78. The summed E-state index contributed by atoms with van der Waals surface area (Å²) in [6.07, 6.45) is 10.9. The molecule has 0 saturated heterocycles. The minimum atomic E-state index is -4.21. The molecule has 2 aliphatic carbocycles. The van der Waals surface area contributed by atoms with Crippen molar-refractivity contribution < 1.29 is 14.4 Å². The van der Waals surface area contributed by atoms with Crippen LogP contribution in [0.5, 0.6) is 0 Å². The van der Waals surface area contributed by atoms with Crippen LogP contribution in [0, 0.1) is 11.8 Å². The van der Waals surface area contributed by atoms with Gasteiger partial charge >= 0.3 is 7.75 Å². The van der Waals surface area contributed by atoms with E-state index in [1.807, 2.05) is 5.20 Å². The van der Waals surface area contributed by atoms with Gasteiger partial charge in [-0.2, -0.15) is 5.10 Å². The fraction of sp³-hybridized carbons (Fsp3) is 0.917. The molecule has 2 saturated carbocycles. The lowest BCUT2D eigenvalue weighted by Crippen LogP contribution is -2.24. The van der Waals surface area contributed by atoms with E-state index in [4.69, 9.17) is 9.79 Å². The Morgan fingerprint density at radius 1 is 1.00 bits per heavy atom. The minimum absolute atomic E-state index is 0.805. The first-order chi connectivity index (χ1) is 8.54. The second kappa shape index (κ2) is 6.18. The molecule has 0 aromatic carbocycles. The van der Waals surface area contributed by atoms with Gasteiger partial charge in [-0.15, -0.1) is 0 Å². The molecule has 0 atom stereocenters. The second-order valence-electron chi connectivity index (χ2n) is 5.56. The Balaban J connectivity index is 1.78. The molecular formula is C12H23N2O3P. The first-order valence-electron chi connectivity index (χ1n) is 6.93. The molecule has 0 spiro atoms. The highest BCUT2D eigenvalue weighted by Crippen LogP contribution is 2.37. The van der Waals surface area contributed by atoms with Crippen LogP contribution in [0.15, 0.2) is 5.10 Å². The van der Waals surface area contributed by atoms with E-state index >= 15 is 0 Å². The SMILES string of the molecule is O=P(O)(O)NN=C1CCC(C2CCCCC2)CC1. The van der Waals surface area contributed by atoms with Crippen molar-refractivity contribution in [3.05, 3.63) is 0 Å². The highest BCUT2D eigenvalue weighted by molar-refractivity contribution is 7.49. The number of hydrogen-bond acceptors (Lipinski definition) is 2. The van der Waals surface area contributed by atoms with E-state index < -0.39 is 7.75 Å². The molecule has 3 N–H and O–H groups in total. The van der Waals surface area contributed by atoms with Gasteiger partial charge in [0.1, 0.15) is 0 Å². The standard InChI is InChI=1S/C12H23N2O3P/c15-18(16,17)14-13-12-8-6-11(7-9-12)10-4-2-1-3-5-10/h10-11H,1-9H2,(H3,14,15,16,17). The lowest BCUT2D eigenvalue weighted by Gasteiger charge is -2.33. The Hall–Kier alpha value is -0.380. The first-order valence-corrected chi connectivity index (χ1v) is 8.54. The zero-order valence-corrected chi connectivity index (χ0v) is 11.6. The zero-order chi connectivity index (χ0) is 13.0. The Bertz CT molecular complexity index is 337.